The maximum Gasteiger partial charge on any atom is 0.412 e. The molecule has 5 heteroatoms. The Balaban J connectivity index is 1.61. The first kappa shape index (κ1) is 17.0. The molecule has 1 N–H and O–H groups in total. The lowest BCUT2D eigenvalue weighted by Gasteiger charge is -2.30. The van der Waals surface area contributed by atoms with Crippen molar-refractivity contribution in [3.8, 4) is 0 Å². The maximum atomic E-state index is 11.8. The predicted molar refractivity (Wildman–Crippen MR) is 92.8 cm³/mol. The van der Waals surface area contributed by atoms with Crippen LogP contribution in [0.2, 0.25) is 0 Å². The van der Waals surface area contributed by atoms with Crippen LogP contribution in [0.15, 0.2) is 30.3 Å². The highest BCUT2D eigenvalue weighted by Gasteiger charge is 2.37. The van der Waals surface area contributed by atoms with Crippen molar-refractivity contribution in [1.82, 2.24) is 0 Å². The van der Waals surface area contributed by atoms with Crippen molar-refractivity contribution in [2.45, 2.75) is 51.4 Å². The number of amides is 1. The molecule has 5 nitrogen and oxygen atoms in total. The topological polar surface area (TPSA) is 56.8 Å². The number of allylic oxidation sites excluding steroid dienone is 1. The minimum absolute atomic E-state index is 0.387. The number of nitrogens with one attached hydrogen (secondary N) is 1. The van der Waals surface area contributed by atoms with Gasteiger partial charge in [0.25, 0.3) is 0 Å². The number of benzene rings is 1. The Hall–Kier alpha value is -1.85. The molecule has 0 atom stereocenters. The lowest BCUT2D eigenvalue weighted by molar-refractivity contribution is -0.159. The van der Waals surface area contributed by atoms with Gasteiger partial charge in [-0.05, 0) is 50.5 Å². The van der Waals surface area contributed by atoms with Crippen LogP contribution < -0.4 is 5.32 Å². The molecule has 1 saturated heterocycles. The second-order valence-electron chi connectivity index (χ2n) is 7.25. The highest BCUT2D eigenvalue weighted by molar-refractivity contribution is 5.85. The summed E-state index contributed by atoms with van der Waals surface area (Å²) in [5.74, 6) is -0.387. The Kier molecular flexibility index (Phi) is 4.65. The zero-order valence-corrected chi connectivity index (χ0v) is 14.6. The molecule has 1 amide bonds. The molecule has 1 aliphatic carbocycles. The van der Waals surface area contributed by atoms with Crippen LogP contribution in [0.5, 0.6) is 0 Å². The summed E-state index contributed by atoms with van der Waals surface area (Å²) >= 11 is 0. The molecule has 2 aliphatic rings. The van der Waals surface area contributed by atoms with E-state index in [-0.39, 0.29) is 5.79 Å². The SMILES string of the molecule is CC(C)(C)OC(=O)Nc1ccc(C2=CCC3(CC2)OCCO3)cc1. The molecule has 1 aromatic carbocycles. The van der Waals surface area contributed by atoms with Crippen molar-refractivity contribution in [1.29, 1.82) is 0 Å². The fourth-order valence-corrected chi connectivity index (χ4v) is 3.02. The summed E-state index contributed by atoms with van der Waals surface area (Å²) in [7, 11) is 0. The van der Waals surface area contributed by atoms with Crippen molar-refractivity contribution >= 4 is 17.4 Å². The quantitative estimate of drug-likeness (QED) is 0.875. The number of hydrogen-bond acceptors (Lipinski definition) is 4. The fourth-order valence-electron chi connectivity index (χ4n) is 3.02. The standard InChI is InChI=1S/C19H25NO4/c1-18(2,3)24-17(21)20-16-6-4-14(5-7-16)15-8-10-19(11-9-15)22-12-13-23-19/h4-8H,9-13H2,1-3H3,(H,20,21). The lowest BCUT2D eigenvalue weighted by Crippen LogP contribution is -2.31. The Morgan fingerprint density at radius 2 is 1.83 bits per heavy atom. The van der Waals surface area contributed by atoms with E-state index in [1.165, 1.54) is 5.57 Å². The van der Waals surface area contributed by atoms with Crippen LogP contribution in [-0.4, -0.2) is 30.7 Å². The number of hydrogen-bond donors (Lipinski definition) is 1. The van der Waals surface area contributed by atoms with Gasteiger partial charge in [-0.15, -0.1) is 0 Å². The van der Waals surface area contributed by atoms with E-state index in [0.717, 1.165) is 30.5 Å². The summed E-state index contributed by atoms with van der Waals surface area (Å²) in [6.45, 7) is 6.91. The molecule has 0 radical (unpaired) electrons. The highest BCUT2D eigenvalue weighted by Crippen LogP contribution is 2.38. The van der Waals surface area contributed by atoms with Gasteiger partial charge >= 0.3 is 6.09 Å². The van der Waals surface area contributed by atoms with E-state index in [2.05, 4.69) is 11.4 Å². The molecule has 1 fully saturated rings. The summed E-state index contributed by atoms with van der Waals surface area (Å²) in [5.41, 5.74) is 2.68. The minimum atomic E-state index is -0.503. The molecule has 24 heavy (non-hydrogen) atoms. The molecule has 1 aromatic rings. The van der Waals surface area contributed by atoms with E-state index in [0.29, 0.717) is 13.2 Å². The van der Waals surface area contributed by atoms with E-state index in [4.69, 9.17) is 14.2 Å². The zero-order valence-electron chi connectivity index (χ0n) is 14.6. The summed E-state index contributed by atoms with van der Waals surface area (Å²) in [5, 5.41) is 2.75. The molecule has 1 heterocycles. The van der Waals surface area contributed by atoms with Crippen LogP contribution in [0.1, 0.15) is 45.6 Å². The van der Waals surface area contributed by atoms with Gasteiger partial charge in [-0.1, -0.05) is 18.2 Å². The predicted octanol–water partition coefficient (Wildman–Crippen LogP) is 4.34. The Morgan fingerprint density at radius 1 is 1.17 bits per heavy atom. The average molecular weight is 331 g/mol. The molecule has 0 unspecified atom stereocenters. The normalized spacial score (nSPS) is 19.9. The number of carbonyl (C=O) groups excluding carboxylic acids is 1. The number of anilines is 1. The molecule has 130 valence electrons. The van der Waals surface area contributed by atoms with Gasteiger partial charge in [0, 0.05) is 18.5 Å². The number of rotatable bonds is 2. The van der Waals surface area contributed by atoms with Gasteiger partial charge in [-0.2, -0.15) is 0 Å². The zero-order chi connectivity index (χ0) is 17.2. The monoisotopic (exact) mass is 331 g/mol. The van der Waals surface area contributed by atoms with Crippen molar-refractivity contribution in [3.05, 3.63) is 35.9 Å². The molecule has 3 rings (SSSR count). The van der Waals surface area contributed by atoms with E-state index < -0.39 is 11.7 Å². The largest absolute Gasteiger partial charge is 0.444 e. The van der Waals surface area contributed by atoms with E-state index in [9.17, 15) is 4.79 Å². The third-order valence-corrected chi connectivity index (χ3v) is 4.15. The third kappa shape index (κ3) is 4.16. The molecular weight excluding hydrogens is 306 g/mol. The van der Waals surface area contributed by atoms with Crippen molar-refractivity contribution in [2.75, 3.05) is 18.5 Å². The van der Waals surface area contributed by atoms with E-state index >= 15 is 0 Å². The van der Waals surface area contributed by atoms with Gasteiger partial charge in [0.15, 0.2) is 5.79 Å². The molecule has 0 saturated carbocycles. The van der Waals surface area contributed by atoms with Crippen LogP contribution >= 0.6 is 0 Å². The van der Waals surface area contributed by atoms with Crippen LogP contribution in [-0.2, 0) is 14.2 Å². The van der Waals surface area contributed by atoms with E-state index in [1.54, 1.807) is 0 Å². The Morgan fingerprint density at radius 3 is 2.38 bits per heavy atom. The second-order valence-corrected chi connectivity index (χ2v) is 7.25. The number of ether oxygens (including phenoxy) is 3. The number of carbonyl (C=O) groups is 1. The Labute approximate surface area is 143 Å². The van der Waals surface area contributed by atoms with Crippen molar-refractivity contribution in [3.63, 3.8) is 0 Å². The average Bonchev–Trinajstić information content (AvgIpc) is 2.95. The van der Waals surface area contributed by atoms with Gasteiger partial charge in [0.2, 0.25) is 0 Å². The maximum absolute atomic E-state index is 11.8. The third-order valence-electron chi connectivity index (χ3n) is 4.15. The van der Waals surface area contributed by atoms with Crippen LogP contribution in [0.3, 0.4) is 0 Å². The van der Waals surface area contributed by atoms with Crippen LogP contribution in [0, 0.1) is 0 Å². The molecule has 0 bridgehead atoms. The van der Waals surface area contributed by atoms with Gasteiger partial charge in [-0.25, -0.2) is 4.79 Å². The van der Waals surface area contributed by atoms with Crippen molar-refractivity contribution in [2.24, 2.45) is 0 Å². The molecule has 1 spiro atoms. The highest BCUT2D eigenvalue weighted by atomic mass is 16.7. The molecule has 1 aliphatic heterocycles. The van der Waals surface area contributed by atoms with Gasteiger partial charge < -0.3 is 14.2 Å². The molecular formula is C19H25NO4. The lowest BCUT2D eigenvalue weighted by atomic mass is 9.90. The first-order valence-electron chi connectivity index (χ1n) is 8.43. The molecule has 0 aromatic heterocycles. The second kappa shape index (κ2) is 6.57. The summed E-state index contributed by atoms with van der Waals surface area (Å²) in [6, 6.07) is 7.83. The van der Waals surface area contributed by atoms with Gasteiger partial charge in [-0.3, -0.25) is 5.32 Å². The van der Waals surface area contributed by atoms with Crippen LogP contribution in [0.25, 0.3) is 5.57 Å². The smallest absolute Gasteiger partial charge is 0.412 e. The first-order chi connectivity index (χ1) is 11.4. The summed E-state index contributed by atoms with van der Waals surface area (Å²) < 4.78 is 16.7. The summed E-state index contributed by atoms with van der Waals surface area (Å²) in [6.07, 6.45) is 4.37. The van der Waals surface area contributed by atoms with Crippen molar-refractivity contribution < 1.29 is 19.0 Å². The van der Waals surface area contributed by atoms with Crippen LogP contribution in [0.4, 0.5) is 10.5 Å². The van der Waals surface area contributed by atoms with Gasteiger partial charge in [0.1, 0.15) is 5.60 Å². The Bertz CT molecular complexity index is 622. The van der Waals surface area contributed by atoms with Gasteiger partial charge in [0.05, 0.1) is 13.2 Å². The fraction of sp³-hybridized carbons (Fsp3) is 0.526. The minimum Gasteiger partial charge on any atom is -0.444 e. The first-order valence-corrected chi connectivity index (χ1v) is 8.43. The van der Waals surface area contributed by atoms with E-state index in [1.807, 2.05) is 45.0 Å². The summed E-state index contributed by atoms with van der Waals surface area (Å²) in [4.78, 5) is 11.8.